The van der Waals surface area contributed by atoms with Gasteiger partial charge in [0.2, 0.25) is 5.91 Å². The van der Waals surface area contributed by atoms with Crippen molar-refractivity contribution in [3.05, 3.63) is 38.7 Å². The third-order valence-corrected chi connectivity index (χ3v) is 3.15. The molecular weight excluding hydrogens is 274 g/mol. The van der Waals surface area contributed by atoms with Gasteiger partial charge in [0, 0.05) is 19.1 Å². The van der Waals surface area contributed by atoms with Gasteiger partial charge in [-0.1, -0.05) is 12.2 Å². The fraction of sp³-hybridized carbons (Fsp3) is 0.462. The third kappa shape index (κ3) is 4.83. The Morgan fingerprint density at radius 3 is 3.05 bits per heavy atom. The van der Waals surface area contributed by atoms with Crippen molar-refractivity contribution in [2.24, 2.45) is 11.0 Å². The Kier molecular flexibility index (Phi) is 5.19. The quantitative estimate of drug-likeness (QED) is 0.397. The topological polar surface area (TPSA) is 120 Å². The van der Waals surface area contributed by atoms with Gasteiger partial charge in [-0.05, 0) is 25.2 Å². The molecule has 0 aliphatic heterocycles. The molecule has 0 saturated carbocycles. The molecule has 3 N–H and O–H groups in total. The van der Waals surface area contributed by atoms with E-state index in [1.54, 1.807) is 6.21 Å². The van der Waals surface area contributed by atoms with Crippen molar-refractivity contribution < 1.29 is 4.79 Å². The Bertz CT molecular complexity index is 658. The minimum atomic E-state index is -0.667. The molecule has 0 radical (unpaired) electrons. The number of allylic oxidation sites excluding steroid dienone is 2. The van der Waals surface area contributed by atoms with Gasteiger partial charge in [0.15, 0.2) is 0 Å². The molecule has 0 unspecified atom stereocenters. The highest BCUT2D eigenvalue weighted by atomic mass is 16.2. The SMILES string of the molecule is O=C(CCc1n[nH]c(=O)[nH]c1=O)NN=C[C@H]1CC=CCC1. The molecule has 1 amide bonds. The molecule has 1 aromatic rings. The molecule has 1 aliphatic rings. The van der Waals surface area contributed by atoms with Gasteiger partial charge in [0.25, 0.3) is 5.56 Å². The standard InChI is InChI=1S/C13H17N5O3/c19-11(17-14-8-9-4-2-1-3-5-9)7-6-10-12(20)15-13(21)18-16-10/h1-2,8-9H,3-7H2,(H,17,19)(H2,15,18,20,21)/t9-/m0/s1. The molecule has 1 aliphatic carbocycles. The molecule has 8 nitrogen and oxygen atoms in total. The number of aromatic nitrogens is 3. The molecule has 8 heteroatoms. The Labute approximate surface area is 120 Å². The zero-order valence-corrected chi connectivity index (χ0v) is 11.5. The number of carbonyl (C=O) groups is 1. The maximum absolute atomic E-state index is 11.6. The Morgan fingerprint density at radius 1 is 1.48 bits per heavy atom. The molecule has 0 saturated heterocycles. The number of hydrazone groups is 1. The number of hydrogen-bond donors (Lipinski definition) is 3. The van der Waals surface area contributed by atoms with Crippen molar-refractivity contribution in [1.82, 2.24) is 20.6 Å². The average molecular weight is 291 g/mol. The Hall–Kier alpha value is -2.51. The van der Waals surface area contributed by atoms with Crippen molar-refractivity contribution in [1.29, 1.82) is 0 Å². The van der Waals surface area contributed by atoms with Crippen molar-refractivity contribution in [3.8, 4) is 0 Å². The zero-order valence-electron chi connectivity index (χ0n) is 11.5. The van der Waals surface area contributed by atoms with Crippen LogP contribution in [-0.2, 0) is 11.2 Å². The van der Waals surface area contributed by atoms with Gasteiger partial charge in [-0.15, -0.1) is 0 Å². The molecule has 1 heterocycles. The predicted molar refractivity (Wildman–Crippen MR) is 76.9 cm³/mol. The van der Waals surface area contributed by atoms with Gasteiger partial charge >= 0.3 is 5.69 Å². The number of carbonyl (C=O) groups excluding carboxylic acids is 1. The fourth-order valence-corrected chi connectivity index (χ4v) is 2.00. The van der Waals surface area contributed by atoms with Crippen LogP contribution in [0.25, 0.3) is 0 Å². The summed E-state index contributed by atoms with van der Waals surface area (Å²) >= 11 is 0. The molecule has 0 bridgehead atoms. The number of amides is 1. The monoisotopic (exact) mass is 291 g/mol. The molecule has 1 aromatic heterocycles. The summed E-state index contributed by atoms with van der Waals surface area (Å²) < 4.78 is 0. The number of nitrogens with one attached hydrogen (secondary N) is 3. The maximum atomic E-state index is 11.6. The van der Waals surface area contributed by atoms with Crippen molar-refractivity contribution in [2.75, 3.05) is 0 Å². The lowest BCUT2D eigenvalue weighted by Crippen LogP contribution is -2.28. The van der Waals surface area contributed by atoms with Crippen LogP contribution in [0.5, 0.6) is 0 Å². The molecule has 112 valence electrons. The number of rotatable bonds is 5. The van der Waals surface area contributed by atoms with E-state index >= 15 is 0 Å². The normalized spacial score (nSPS) is 18.0. The van der Waals surface area contributed by atoms with Crippen molar-refractivity contribution in [3.63, 3.8) is 0 Å². The lowest BCUT2D eigenvalue weighted by atomic mass is 9.96. The molecule has 1 atom stereocenters. The van der Waals surface area contributed by atoms with E-state index in [-0.39, 0.29) is 24.4 Å². The molecule has 21 heavy (non-hydrogen) atoms. The summed E-state index contributed by atoms with van der Waals surface area (Å²) in [5.41, 5.74) is 1.30. The van der Waals surface area contributed by atoms with Crippen LogP contribution < -0.4 is 16.7 Å². The number of H-pyrrole nitrogens is 2. The summed E-state index contributed by atoms with van der Waals surface area (Å²) in [5, 5.41) is 9.64. The molecule has 2 rings (SSSR count). The first kappa shape index (κ1) is 14.9. The lowest BCUT2D eigenvalue weighted by Gasteiger charge is -2.11. The van der Waals surface area contributed by atoms with Gasteiger partial charge in [-0.2, -0.15) is 10.2 Å². The van der Waals surface area contributed by atoms with E-state index in [4.69, 9.17) is 0 Å². The van der Waals surface area contributed by atoms with Gasteiger partial charge in [-0.25, -0.2) is 15.3 Å². The van der Waals surface area contributed by atoms with Crippen LogP contribution >= 0.6 is 0 Å². The van der Waals surface area contributed by atoms with Gasteiger partial charge in [0.1, 0.15) is 5.69 Å². The molecular formula is C13H17N5O3. The largest absolute Gasteiger partial charge is 0.342 e. The first-order chi connectivity index (χ1) is 10.1. The summed E-state index contributed by atoms with van der Waals surface area (Å²) in [6, 6.07) is 0. The van der Waals surface area contributed by atoms with E-state index in [1.807, 2.05) is 0 Å². The smallest absolute Gasteiger partial charge is 0.273 e. The van der Waals surface area contributed by atoms with Crippen molar-refractivity contribution in [2.45, 2.75) is 32.1 Å². The molecule has 0 spiro atoms. The minimum Gasteiger partial charge on any atom is -0.273 e. The highest BCUT2D eigenvalue weighted by Crippen LogP contribution is 2.15. The Morgan fingerprint density at radius 2 is 2.33 bits per heavy atom. The Balaban J connectivity index is 1.77. The minimum absolute atomic E-state index is 0.0734. The van der Waals surface area contributed by atoms with E-state index in [2.05, 4.69) is 37.9 Å². The van der Waals surface area contributed by atoms with Crippen LogP contribution in [0.1, 0.15) is 31.4 Å². The van der Waals surface area contributed by atoms with Crippen LogP contribution in [0.3, 0.4) is 0 Å². The average Bonchev–Trinajstić information content (AvgIpc) is 2.47. The van der Waals surface area contributed by atoms with Crippen molar-refractivity contribution >= 4 is 12.1 Å². The molecule has 0 aromatic carbocycles. The summed E-state index contributed by atoms with van der Waals surface area (Å²) in [7, 11) is 0. The van der Waals surface area contributed by atoms with E-state index in [0.717, 1.165) is 19.3 Å². The summed E-state index contributed by atoms with van der Waals surface area (Å²) in [6.45, 7) is 0. The van der Waals surface area contributed by atoms with Crippen LogP contribution in [0.15, 0.2) is 26.8 Å². The summed E-state index contributed by atoms with van der Waals surface area (Å²) in [6.07, 6.45) is 9.21. The molecule has 0 fully saturated rings. The third-order valence-electron chi connectivity index (χ3n) is 3.15. The van der Waals surface area contributed by atoms with E-state index in [0.29, 0.717) is 5.92 Å². The van der Waals surface area contributed by atoms with E-state index in [1.165, 1.54) is 0 Å². The second-order valence-corrected chi connectivity index (χ2v) is 4.81. The number of aryl methyl sites for hydroxylation is 1. The maximum Gasteiger partial charge on any atom is 0.342 e. The highest BCUT2D eigenvalue weighted by Gasteiger charge is 2.08. The van der Waals surface area contributed by atoms with E-state index in [9.17, 15) is 14.4 Å². The number of aromatic amines is 2. The van der Waals surface area contributed by atoms with Crippen LogP contribution in [-0.4, -0.2) is 27.3 Å². The first-order valence-corrected chi connectivity index (χ1v) is 6.80. The van der Waals surface area contributed by atoms with Crippen LogP contribution in [0, 0.1) is 5.92 Å². The summed E-state index contributed by atoms with van der Waals surface area (Å²) in [4.78, 5) is 35.8. The fourth-order valence-electron chi connectivity index (χ4n) is 2.00. The number of nitrogens with zero attached hydrogens (tertiary/aromatic N) is 2. The van der Waals surface area contributed by atoms with Crippen LogP contribution in [0.4, 0.5) is 0 Å². The first-order valence-electron chi connectivity index (χ1n) is 6.80. The van der Waals surface area contributed by atoms with Crippen LogP contribution in [0.2, 0.25) is 0 Å². The summed E-state index contributed by atoms with van der Waals surface area (Å²) in [5.74, 6) is 0.0593. The highest BCUT2D eigenvalue weighted by molar-refractivity contribution is 5.77. The predicted octanol–water partition coefficient (Wildman–Crippen LogP) is -0.151. The second kappa shape index (κ2) is 7.32. The van der Waals surface area contributed by atoms with E-state index < -0.39 is 11.2 Å². The zero-order chi connectivity index (χ0) is 15.1. The van der Waals surface area contributed by atoms with Gasteiger partial charge in [0.05, 0.1) is 0 Å². The van der Waals surface area contributed by atoms with Gasteiger partial charge in [-0.3, -0.25) is 14.6 Å². The van der Waals surface area contributed by atoms with Gasteiger partial charge < -0.3 is 0 Å². The number of hydrogen-bond acceptors (Lipinski definition) is 5. The lowest BCUT2D eigenvalue weighted by molar-refractivity contribution is -0.121. The second-order valence-electron chi connectivity index (χ2n) is 4.81.